The molecule has 0 radical (unpaired) electrons. The van der Waals surface area contributed by atoms with Gasteiger partial charge in [-0.25, -0.2) is 0 Å². The minimum atomic E-state index is -2.11. The monoisotopic (exact) mass is 432 g/mol. The summed E-state index contributed by atoms with van der Waals surface area (Å²) < 4.78 is 28.4. The number of pyridine rings is 1. The molecule has 0 bridgehead atoms. The molecule has 2 nitrogen and oxygen atoms in total. The molecule has 0 fully saturated rings. The predicted octanol–water partition coefficient (Wildman–Crippen LogP) is 6.88. The van der Waals surface area contributed by atoms with E-state index in [9.17, 15) is 0 Å². The Morgan fingerprint density at radius 3 is 2.55 bits per heavy atom. The third kappa shape index (κ3) is 2.22. The second kappa shape index (κ2) is 6.14. The molecule has 1 aliphatic carbocycles. The lowest BCUT2D eigenvalue weighted by atomic mass is 9.74. The summed E-state index contributed by atoms with van der Waals surface area (Å²) in [5, 5.41) is 1.26. The largest absolute Gasteiger partial charge is 0.327 e. The first-order valence-electron chi connectivity index (χ1n) is 13.3. The molecule has 0 amide bonds. The van der Waals surface area contributed by atoms with Gasteiger partial charge in [0.25, 0.3) is 0 Å². The van der Waals surface area contributed by atoms with Crippen LogP contribution in [0.1, 0.15) is 57.7 Å². The van der Waals surface area contributed by atoms with Crippen molar-refractivity contribution in [3.8, 4) is 11.3 Å². The fourth-order valence-electron chi connectivity index (χ4n) is 6.96. The van der Waals surface area contributed by atoms with Crippen LogP contribution in [0.2, 0.25) is 0 Å². The van der Waals surface area contributed by atoms with Crippen LogP contribution in [0.25, 0.3) is 33.2 Å². The first-order chi connectivity index (χ1) is 17.1. The Labute approximate surface area is 199 Å². The number of benzene rings is 3. The molecule has 3 heterocycles. The highest BCUT2D eigenvalue weighted by Gasteiger charge is 2.53. The molecule has 0 saturated carbocycles. The smallest absolute Gasteiger partial charge is 0.239 e. The van der Waals surface area contributed by atoms with E-state index in [4.69, 9.17) is 4.11 Å². The van der Waals surface area contributed by atoms with Crippen molar-refractivity contribution in [1.82, 2.24) is 4.57 Å². The van der Waals surface area contributed by atoms with Gasteiger partial charge in [-0.2, -0.15) is 4.57 Å². The van der Waals surface area contributed by atoms with Gasteiger partial charge in [-0.1, -0.05) is 67.9 Å². The van der Waals surface area contributed by atoms with Gasteiger partial charge in [0.2, 0.25) is 11.2 Å². The molecule has 2 aromatic heterocycles. The first-order valence-corrected chi connectivity index (χ1v) is 11.8. The van der Waals surface area contributed by atoms with Crippen LogP contribution in [0.15, 0.2) is 72.8 Å². The van der Waals surface area contributed by atoms with Crippen molar-refractivity contribution in [3.63, 3.8) is 0 Å². The number of rotatable bonds is 1. The molecule has 0 spiro atoms. The van der Waals surface area contributed by atoms with E-state index in [0.29, 0.717) is 11.5 Å². The van der Waals surface area contributed by atoms with E-state index in [1.165, 1.54) is 38.6 Å². The molecule has 0 saturated heterocycles. The SMILES string of the molecule is [2H]C([2H])([2H])c1ccc(-c2cc3c4c(c5ccccc5n4C4c5ccccc5C(C)(C)C34)[n+]2C)c(C)c1. The topological polar surface area (TPSA) is 8.81 Å². The zero-order chi connectivity index (χ0) is 25.1. The van der Waals surface area contributed by atoms with Crippen LogP contribution >= 0.6 is 0 Å². The fraction of sp³-hybridized carbons (Fsp3) is 0.258. The summed E-state index contributed by atoms with van der Waals surface area (Å²) in [5.74, 6) is 0.332. The van der Waals surface area contributed by atoms with E-state index in [1.807, 2.05) is 19.1 Å². The lowest BCUT2D eigenvalue weighted by Gasteiger charge is -2.28. The summed E-state index contributed by atoms with van der Waals surface area (Å²) in [6, 6.07) is 25.9. The van der Waals surface area contributed by atoms with E-state index in [1.54, 1.807) is 6.07 Å². The molecule has 2 heteroatoms. The molecular formula is C31H29N2+. The van der Waals surface area contributed by atoms with E-state index in [0.717, 1.165) is 16.8 Å². The highest BCUT2D eigenvalue weighted by atomic mass is 15.1. The Morgan fingerprint density at radius 2 is 1.73 bits per heavy atom. The van der Waals surface area contributed by atoms with Gasteiger partial charge < -0.3 is 4.57 Å². The summed E-state index contributed by atoms with van der Waals surface area (Å²) in [4.78, 5) is 0. The van der Waals surface area contributed by atoms with E-state index in [2.05, 4.69) is 84.6 Å². The van der Waals surface area contributed by atoms with Crippen molar-refractivity contribution in [2.24, 2.45) is 7.05 Å². The average Bonchev–Trinajstić information content (AvgIpc) is 3.43. The van der Waals surface area contributed by atoms with Crippen molar-refractivity contribution < 1.29 is 8.68 Å². The van der Waals surface area contributed by atoms with Gasteiger partial charge in [-0.15, -0.1) is 0 Å². The minimum Gasteiger partial charge on any atom is -0.327 e. The molecule has 2 aliphatic rings. The Kier molecular flexibility index (Phi) is 3.02. The maximum absolute atomic E-state index is 7.85. The molecule has 2 unspecified atom stereocenters. The summed E-state index contributed by atoms with van der Waals surface area (Å²) in [7, 11) is 2.15. The summed E-state index contributed by atoms with van der Waals surface area (Å²) in [5.41, 5.74) is 11.7. The van der Waals surface area contributed by atoms with Crippen LogP contribution in [0.3, 0.4) is 0 Å². The van der Waals surface area contributed by atoms with Crippen LogP contribution in [-0.4, -0.2) is 4.57 Å². The van der Waals surface area contributed by atoms with Crippen LogP contribution in [0.5, 0.6) is 0 Å². The van der Waals surface area contributed by atoms with Crippen molar-refractivity contribution in [3.05, 3.63) is 101 Å². The third-order valence-corrected chi connectivity index (χ3v) is 8.33. The number of nitrogens with zero attached hydrogens (tertiary/aromatic N) is 2. The summed E-state index contributed by atoms with van der Waals surface area (Å²) in [6.07, 6.45) is 0. The quantitative estimate of drug-likeness (QED) is 0.255. The molecule has 5 aromatic rings. The highest BCUT2D eigenvalue weighted by molar-refractivity contribution is 6.07. The Bertz CT molecular complexity index is 1740. The van der Waals surface area contributed by atoms with Crippen molar-refractivity contribution >= 4 is 21.9 Å². The van der Waals surface area contributed by atoms with Crippen molar-refractivity contribution in [1.29, 1.82) is 0 Å². The maximum Gasteiger partial charge on any atom is 0.239 e. The van der Waals surface area contributed by atoms with E-state index in [-0.39, 0.29) is 11.5 Å². The molecule has 33 heavy (non-hydrogen) atoms. The summed E-state index contributed by atoms with van der Waals surface area (Å²) >= 11 is 0. The lowest BCUT2D eigenvalue weighted by Crippen LogP contribution is -2.33. The highest BCUT2D eigenvalue weighted by Crippen LogP contribution is 2.62. The molecule has 7 rings (SSSR count). The van der Waals surface area contributed by atoms with Gasteiger partial charge in [-0.05, 0) is 59.6 Å². The molecular weight excluding hydrogens is 400 g/mol. The zero-order valence-electron chi connectivity index (χ0n) is 22.5. The van der Waals surface area contributed by atoms with Crippen LogP contribution < -0.4 is 4.57 Å². The van der Waals surface area contributed by atoms with Gasteiger partial charge >= 0.3 is 0 Å². The van der Waals surface area contributed by atoms with Crippen molar-refractivity contribution in [2.75, 3.05) is 0 Å². The first kappa shape index (κ1) is 16.3. The zero-order valence-corrected chi connectivity index (χ0v) is 19.5. The number of aromatic nitrogens is 2. The van der Waals surface area contributed by atoms with Crippen LogP contribution in [-0.2, 0) is 12.5 Å². The van der Waals surface area contributed by atoms with Gasteiger partial charge in [0, 0.05) is 21.7 Å². The normalized spacial score (nSPS) is 21.6. The van der Waals surface area contributed by atoms with E-state index < -0.39 is 6.85 Å². The molecule has 2 atom stereocenters. The molecule has 1 aliphatic heterocycles. The Morgan fingerprint density at radius 1 is 0.939 bits per heavy atom. The Balaban J connectivity index is 1.59. The van der Waals surface area contributed by atoms with Crippen LogP contribution in [0, 0.1) is 13.8 Å². The molecule has 3 aromatic carbocycles. The third-order valence-electron chi connectivity index (χ3n) is 8.33. The number of hydrogen-bond acceptors (Lipinski definition) is 0. The second-order valence-electron chi connectivity index (χ2n) is 10.4. The van der Waals surface area contributed by atoms with Crippen LogP contribution in [0.4, 0.5) is 0 Å². The maximum atomic E-state index is 7.85. The van der Waals surface area contributed by atoms with Gasteiger partial charge in [0.15, 0.2) is 0 Å². The number of fused-ring (bicyclic) bond motifs is 8. The fourth-order valence-corrected chi connectivity index (χ4v) is 6.96. The van der Waals surface area contributed by atoms with Gasteiger partial charge in [0.1, 0.15) is 12.6 Å². The average molecular weight is 433 g/mol. The second-order valence-corrected chi connectivity index (χ2v) is 10.4. The number of para-hydroxylation sites is 1. The number of aryl methyl sites for hydroxylation is 3. The number of hydrogen-bond donors (Lipinski definition) is 0. The Hall–Kier alpha value is -3.39. The van der Waals surface area contributed by atoms with Gasteiger partial charge in [0.05, 0.1) is 16.9 Å². The molecule has 0 N–H and O–H groups in total. The standard InChI is InChI=1S/C31H29N2/c1-18-14-15-20(19(2)16-18)26-17-23-27-28(21-10-6-8-12-24(21)31(27,3)4)33-25-13-9-7-11-22(25)29(30(23)33)32(26)5/h6-17,27-28H,1-5H3/q+1/i1D3. The van der Waals surface area contributed by atoms with Crippen molar-refractivity contribution in [2.45, 2.75) is 45.0 Å². The van der Waals surface area contributed by atoms with E-state index >= 15 is 0 Å². The predicted molar refractivity (Wildman–Crippen MR) is 136 cm³/mol. The van der Waals surface area contributed by atoms with Gasteiger partial charge in [-0.3, -0.25) is 0 Å². The minimum absolute atomic E-state index is 0.00826. The molecule has 162 valence electrons. The lowest BCUT2D eigenvalue weighted by molar-refractivity contribution is -0.632. The summed E-state index contributed by atoms with van der Waals surface area (Å²) in [6.45, 7) is 4.69.